The van der Waals surface area contributed by atoms with E-state index in [1.165, 1.54) is 0 Å². The molecule has 2 amide bonds. The summed E-state index contributed by atoms with van der Waals surface area (Å²) in [5.41, 5.74) is 6.33. The van der Waals surface area contributed by atoms with Crippen molar-refractivity contribution in [2.24, 2.45) is 5.73 Å². The van der Waals surface area contributed by atoms with Crippen molar-refractivity contribution in [3.8, 4) is 0 Å². The molecular weight excluding hydrogens is 387 g/mol. The molecule has 1 aromatic carbocycles. The van der Waals surface area contributed by atoms with Crippen LogP contribution in [0.25, 0.3) is 0 Å². The summed E-state index contributed by atoms with van der Waals surface area (Å²) in [6, 6.07) is 6.85. The highest BCUT2D eigenvalue weighted by atomic mass is 35.5. The van der Waals surface area contributed by atoms with Gasteiger partial charge >= 0.3 is 0 Å². The Labute approximate surface area is 175 Å². The number of carbonyl (C=O) groups is 2. The van der Waals surface area contributed by atoms with Crippen LogP contribution >= 0.6 is 24.8 Å². The fraction of sp³-hybridized carbons (Fsp3) is 0.579. The van der Waals surface area contributed by atoms with E-state index in [1.807, 2.05) is 6.92 Å². The summed E-state index contributed by atoms with van der Waals surface area (Å²) >= 11 is 0. The lowest BCUT2D eigenvalue weighted by molar-refractivity contribution is -0.120. The molecule has 1 aromatic rings. The number of nitrogens with one attached hydrogen (secondary N) is 2. The van der Waals surface area contributed by atoms with E-state index in [0.717, 1.165) is 26.1 Å². The summed E-state index contributed by atoms with van der Waals surface area (Å²) in [6.07, 6.45) is 1.46. The van der Waals surface area contributed by atoms with E-state index < -0.39 is 5.54 Å². The van der Waals surface area contributed by atoms with Gasteiger partial charge in [0.2, 0.25) is 5.91 Å². The quantitative estimate of drug-likeness (QED) is 0.542. The number of halogens is 2. The Morgan fingerprint density at radius 3 is 2.11 bits per heavy atom. The number of anilines is 1. The maximum Gasteiger partial charge on any atom is 0.251 e. The Morgan fingerprint density at radius 1 is 1.07 bits per heavy atom. The molecule has 0 fully saturated rings. The number of hydrogen-bond acceptors (Lipinski definition) is 4. The minimum Gasteiger partial charge on any atom is -0.351 e. The topological polar surface area (TPSA) is 87.5 Å². The fourth-order valence-electron chi connectivity index (χ4n) is 2.58. The lowest BCUT2D eigenvalue weighted by atomic mass is 9.96. The largest absolute Gasteiger partial charge is 0.351 e. The number of rotatable bonds is 10. The molecule has 0 radical (unpaired) electrons. The average Bonchev–Trinajstić information content (AvgIpc) is 2.59. The lowest BCUT2D eigenvalue weighted by Gasteiger charge is -2.22. The van der Waals surface area contributed by atoms with E-state index in [0.29, 0.717) is 24.2 Å². The summed E-state index contributed by atoms with van der Waals surface area (Å²) in [5, 5.41) is 5.72. The summed E-state index contributed by atoms with van der Waals surface area (Å²) in [4.78, 5) is 26.6. The van der Waals surface area contributed by atoms with Crippen molar-refractivity contribution < 1.29 is 9.59 Å². The van der Waals surface area contributed by atoms with E-state index in [2.05, 4.69) is 29.4 Å². The summed E-state index contributed by atoms with van der Waals surface area (Å²) < 4.78 is 0. The highest BCUT2D eigenvalue weighted by Gasteiger charge is 2.27. The van der Waals surface area contributed by atoms with Gasteiger partial charge in [0, 0.05) is 24.3 Å². The molecule has 6 nitrogen and oxygen atoms in total. The molecule has 1 unspecified atom stereocenters. The van der Waals surface area contributed by atoms with Crippen molar-refractivity contribution >= 4 is 42.3 Å². The van der Waals surface area contributed by atoms with Crippen LogP contribution in [0.3, 0.4) is 0 Å². The average molecular weight is 421 g/mol. The van der Waals surface area contributed by atoms with Gasteiger partial charge in [0.15, 0.2) is 0 Å². The Bertz CT molecular complexity index is 561. The number of benzene rings is 1. The second-order valence-electron chi connectivity index (χ2n) is 6.48. The van der Waals surface area contributed by atoms with Gasteiger partial charge in [0.1, 0.15) is 0 Å². The molecule has 1 rings (SSSR count). The van der Waals surface area contributed by atoms with Crippen LogP contribution in [0, 0.1) is 0 Å². The maximum atomic E-state index is 12.2. The number of amides is 2. The van der Waals surface area contributed by atoms with Crippen LogP contribution in [0.15, 0.2) is 24.3 Å². The Balaban J connectivity index is 0. The zero-order chi connectivity index (χ0) is 18.9. The summed E-state index contributed by atoms with van der Waals surface area (Å²) in [5.74, 6) is -0.328. The zero-order valence-corrected chi connectivity index (χ0v) is 18.3. The first-order valence-corrected chi connectivity index (χ1v) is 9.05. The van der Waals surface area contributed by atoms with Crippen molar-refractivity contribution in [1.29, 1.82) is 0 Å². The van der Waals surface area contributed by atoms with Crippen LogP contribution in [-0.4, -0.2) is 48.4 Å². The van der Waals surface area contributed by atoms with Crippen LogP contribution in [0.2, 0.25) is 0 Å². The smallest absolute Gasteiger partial charge is 0.251 e. The van der Waals surface area contributed by atoms with Crippen LogP contribution in [-0.2, 0) is 4.79 Å². The molecule has 156 valence electrons. The minimum atomic E-state index is -0.894. The van der Waals surface area contributed by atoms with E-state index >= 15 is 0 Å². The van der Waals surface area contributed by atoms with E-state index in [4.69, 9.17) is 5.73 Å². The standard InChI is InChI=1S/C19H32N4O2.2ClH/c1-5-12-19(4,20)18(25)22-16-10-8-15(9-11-16)17(24)21-13-14-23(6-2)7-3;;/h8-11H,5-7,12-14,20H2,1-4H3,(H,21,24)(H,22,25);2*1H. The zero-order valence-electron chi connectivity index (χ0n) is 16.7. The molecule has 8 heteroatoms. The van der Waals surface area contributed by atoms with E-state index in [-0.39, 0.29) is 36.6 Å². The Morgan fingerprint density at radius 2 is 1.63 bits per heavy atom. The molecule has 4 N–H and O–H groups in total. The number of hydrogen-bond donors (Lipinski definition) is 3. The molecule has 0 saturated carbocycles. The van der Waals surface area contributed by atoms with Gasteiger partial charge in [-0.1, -0.05) is 27.2 Å². The van der Waals surface area contributed by atoms with Crippen molar-refractivity contribution in [3.63, 3.8) is 0 Å². The van der Waals surface area contributed by atoms with Gasteiger partial charge in [-0.25, -0.2) is 0 Å². The maximum absolute atomic E-state index is 12.2. The third kappa shape index (κ3) is 9.42. The first kappa shape index (κ1) is 27.9. The normalized spacial score (nSPS) is 12.4. The van der Waals surface area contributed by atoms with E-state index in [9.17, 15) is 9.59 Å². The number of nitrogens with zero attached hydrogens (tertiary/aromatic N) is 1. The lowest BCUT2D eigenvalue weighted by Crippen LogP contribution is -2.48. The number of likely N-dealkylation sites (N-methyl/N-ethyl adjacent to an activating group) is 1. The van der Waals surface area contributed by atoms with Gasteiger partial charge < -0.3 is 21.3 Å². The van der Waals surface area contributed by atoms with Crippen LogP contribution in [0.5, 0.6) is 0 Å². The molecule has 0 bridgehead atoms. The van der Waals surface area contributed by atoms with Crippen molar-refractivity contribution in [2.45, 2.75) is 46.1 Å². The van der Waals surface area contributed by atoms with Crippen molar-refractivity contribution in [1.82, 2.24) is 10.2 Å². The molecular formula is C19H34Cl2N4O2. The van der Waals surface area contributed by atoms with Crippen LogP contribution in [0.1, 0.15) is 50.9 Å². The third-order valence-electron chi connectivity index (χ3n) is 4.30. The predicted octanol–water partition coefficient (Wildman–Crippen LogP) is 3.06. The summed E-state index contributed by atoms with van der Waals surface area (Å²) in [7, 11) is 0. The van der Waals surface area contributed by atoms with Crippen LogP contribution < -0.4 is 16.4 Å². The molecule has 0 aliphatic heterocycles. The SMILES string of the molecule is CCCC(C)(N)C(=O)Nc1ccc(C(=O)NCCN(CC)CC)cc1.Cl.Cl. The van der Waals surface area contributed by atoms with E-state index in [1.54, 1.807) is 31.2 Å². The molecule has 0 saturated heterocycles. The molecule has 0 aliphatic carbocycles. The van der Waals surface area contributed by atoms with Crippen molar-refractivity contribution in [2.75, 3.05) is 31.5 Å². The fourth-order valence-corrected chi connectivity index (χ4v) is 2.58. The first-order valence-electron chi connectivity index (χ1n) is 9.05. The minimum absolute atomic E-state index is 0. The monoisotopic (exact) mass is 420 g/mol. The highest BCUT2D eigenvalue weighted by molar-refractivity contribution is 5.98. The van der Waals surface area contributed by atoms with Gasteiger partial charge in [0.25, 0.3) is 5.91 Å². The first-order chi connectivity index (χ1) is 11.8. The Kier molecular flexibility index (Phi) is 14.2. The molecule has 0 heterocycles. The van der Waals surface area contributed by atoms with Crippen LogP contribution in [0.4, 0.5) is 5.69 Å². The Hall–Kier alpha value is -1.34. The number of nitrogens with two attached hydrogens (primary N) is 1. The molecule has 27 heavy (non-hydrogen) atoms. The number of carbonyl (C=O) groups excluding carboxylic acids is 2. The molecule has 1 atom stereocenters. The van der Waals surface area contributed by atoms with Gasteiger partial charge in [-0.3, -0.25) is 9.59 Å². The summed E-state index contributed by atoms with van der Waals surface area (Å²) in [6.45, 7) is 11.3. The molecule has 0 aromatic heterocycles. The molecule has 0 spiro atoms. The second-order valence-corrected chi connectivity index (χ2v) is 6.48. The highest BCUT2D eigenvalue weighted by Crippen LogP contribution is 2.14. The predicted molar refractivity (Wildman–Crippen MR) is 117 cm³/mol. The van der Waals surface area contributed by atoms with Gasteiger partial charge in [-0.15, -0.1) is 24.8 Å². The third-order valence-corrected chi connectivity index (χ3v) is 4.30. The van der Waals surface area contributed by atoms with Gasteiger partial charge in [-0.05, 0) is 50.7 Å². The molecule has 0 aliphatic rings. The van der Waals surface area contributed by atoms with Gasteiger partial charge in [0.05, 0.1) is 5.54 Å². The van der Waals surface area contributed by atoms with Gasteiger partial charge in [-0.2, -0.15) is 0 Å². The second kappa shape index (κ2) is 13.8. The van der Waals surface area contributed by atoms with Crippen molar-refractivity contribution in [3.05, 3.63) is 29.8 Å².